The van der Waals surface area contributed by atoms with Crippen LogP contribution in [0.25, 0.3) is 0 Å². The van der Waals surface area contributed by atoms with E-state index in [2.05, 4.69) is 10.2 Å². The summed E-state index contributed by atoms with van der Waals surface area (Å²) in [5.74, 6) is 1.65. The fourth-order valence-corrected chi connectivity index (χ4v) is 5.70. The van der Waals surface area contributed by atoms with E-state index in [4.69, 9.17) is 0 Å². The Hall–Kier alpha value is -0.260. The molecule has 0 aromatic carbocycles. The van der Waals surface area contributed by atoms with Gasteiger partial charge in [-0.05, 0) is 63.1 Å². The lowest BCUT2D eigenvalue weighted by molar-refractivity contribution is -0.141. The van der Waals surface area contributed by atoms with Gasteiger partial charge in [0.1, 0.15) is 5.60 Å². The van der Waals surface area contributed by atoms with E-state index in [1.807, 2.05) is 11.8 Å². The molecule has 1 amide bonds. The lowest BCUT2D eigenvalue weighted by Gasteiger charge is -2.48. The van der Waals surface area contributed by atoms with E-state index >= 15 is 0 Å². The molecule has 23 heavy (non-hydrogen) atoms. The zero-order valence-electron chi connectivity index (χ0n) is 14.3. The monoisotopic (exact) mass is 340 g/mol. The van der Waals surface area contributed by atoms with Gasteiger partial charge in [-0.25, -0.2) is 0 Å². The number of likely N-dealkylation sites (tertiary alicyclic amines) is 1. The highest BCUT2D eigenvalue weighted by atomic mass is 32.2. The Bertz CT molecular complexity index is 398. The first-order valence-electron chi connectivity index (χ1n) is 9.48. The average Bonchev–Trinajstić information content (AvgIpc) is 2.62. The second-order valence-electron chi connectivity index (χ2n) is 7.66. The lowest BCUT2D eigenvalue weighted by Crippen LogP contribution is -2.60. The molecule has 0 unspecified atom stereocenters. The number of aliphatic hydroxyl groups is 1. The van der Waals surface area contributed by atoms with E-state index in [1.165, 1.54) is 64.5 Å². The highest BCUT2D eigenvalue weighted by molar-refractivity contribution is 7.99. The van der Waals surface area contributed by atoms with Crippen molar-refractivity contribution in [2.24, 2.45) is 0 Å². The van der Waals surface area contributed by atoms with Crippen molar-refractivity contribution in [1.82, 2.24) is 10.2 Å². The van der Waals surface area contributed by atoms with Gasteiger partial charge in [0.2, 0.25) is 0 Å². The Balaban J connectivity index is 1.63. The maximum Gasteiger partial charge on any atom is 0.252 e. The third kappa shape index (κ3) is 4.05. The predicted molar refractivity (Wildman–Crippen MR) is 95.8 cm³/mol. The van der Waals surface area contributed by atoms with E-state index in [1.54, 1.807) is 0 Å². The molecule has 2 aliphatic heterocycles. The smallest absolute Gasteiger partial charge is 0.252 e. The van der Waals surface area contributed by atoms with Crippen LogP contribution in [0.4, 0.5) is 0 Å². The van der Waals surface area contributed by atoms with Crippen LogP contribution in [0.15, 0.2) is 0 Å². The predicted octanol–water partition coefficient (Wildman–Crippen LogP) is 2.55. The largest absolute Gasteiger partial charge is 0.380 e. The normalized spacial score (nSPS) is 28.2. The molecule has 0 aromatic heterocycles. The van der Waals surface area contributed by atoms with Gasteiger partial charge < -0.3 is 10.4 Å². The number of amides is 1. The quantitative estimate of drug-likeness (QED) is 0.826. The summed E-state index contributed by atoms with van der Waals surface area (Å²) in [6.45, 7) is 3.08. The summed E-state index contributed by atoms with van der Waals surface area (Å²) in [6.07, 6.45) is 11.4. The lowest BCUT2D eigenvalue weighted by atomic mass is 9.79. The zero-order valence-corrected chi connectivity index (χ0v) is 15.1. The molecule has 3 aliphatic rings. The Labute approximate surface area is 144 Å². The Morgan fingerprint density at radius 1 is 0.957 bits per heavy atom. The number of piperidine rings is 1. The third-order valence-electron chi connectivity index (χ3n) is 6.13. The van der Waals surface area contributed by atoms with E-state index in [-0.39, 0.29) is 11.4 Å². The number of hydrogen-bond acceptors (Lipinski definition) is 4. The van der Waals surface area contributed by atoms with Gasteiger partial charge in [-0.3, -0.25) is 9.69 Å². The van der Waals surface area contributed by atoms with Crippen molar-refractivity contribution in [3.63, 3.8) is 0 Å². The fourth-order valence-electron chi connectivity index (χ4n) is 4.53. The van der Waals surface area contributed by atoms with Crippen molar-refractivity contribution in [3.8, 4) is 0 Å². The summed E-state index contributed by atoms with van der Waals surface area (Å²) in [7, 11) is 0. The first kappa shape index (κ1) is 17.6. The van der Waals surface area contributed by atoms with Crippen molar-refractivity contribution in [3.05, 3.63) is 0 Å². The van der Waals surface area contributed by atoms with E-state index < -0.39 is 5.60 Å². The van der Waals surface area contributed by atoms with Crippen LogP contribution in [0, 0.1) is 0 Å². The molecule has 1 aliphatic carbocycles. The summed E-state index contributed by atoms with van der Waals surface area (Å²) in [5.41, 5.74) is -0.975. The molecule has 0 bridgehead atoms. The van der Waals surface area contributed by atoms with Crippen LogP contribution in [0.1, 0.15) is 64.2 Å². The SMILES string of the molecule is O=C(NCC1(N2CCCCC2)CCCCC1)C1(O)CCSCC1. The van der Waals surface area contributed by atoms with E-state index in [9.17, 15) is 9.90 Å². The van der Waals surface area contributed by atoms with Crippen molar-refractivity contribution >= 4 is 17.7 Å². The minimum atomic E-state index is -1.12. The maximum atomic E-state index is 12.6. The fraction of sp³-hybridized carbons (Fsp3) is 0.944. The molecule has 3 fully saturated rings. The number of rotatable bonds is 4. The van der Waals surface area contributed by atoms with Gasteiger partial charge in [-0.1, -0.05) is 25.7 Å². The van der Waals surface area contributed by atoms with Gasteiger partial charge in [0.05, 0.1) is 0 Å². The van der Waals surface area contributed by atoms with Crippen LogP contribution in [0.2, 0.25) is 0 Å². The number of carbonyl (C=O) groups excluding carboxylic acids is 1. The number of carbonyl (C=O) groups is 1. The molecule has 0 aromatic rings. The summed E-state index contributed by atoms with van der Waals surface area (Å²) in [6, 6.07) is 0. The van der Waals surface area contributed by atoms with Gasteiger partial charge in [-0.2, -0.15) is 11.8 Å². The molecule has 0 spiro atoms. The number of thioether (sulfide) groups is 1. The van der Waals surface area contributed by atoms with Crippen molar-refractivity contribution in [2.45, 2.75) is 75.3 Å². The maximum absolute atomic E-state index is 12.6. The van der Waals surface area contributed by atoms with Crippen molar-refractivity contribution < 1.29 is 9.90 Å². The molecule has 2 saturated heterocycles. The first-order valence-corrected chi connectivity index (χ1v) is 10.6. The van der Waals surface area contributed by atoms with Gasteiger partial charge >= 0.3 is 0 Å². The van der Waals surface area contributed by atoms with E-state index in [0.717, 1.165) is 18.1 Å². The summed E-state index contributed by atoms with van der Waals surface area (Å²) >= 11 is 1.83. The summed E-state index contributed by atoms with van der Waals surface area (Å²) < 4.78 is 0. The molecule has 2 N–H and O–H groups in total. The van der Waals surface area contributed by atoms with Crippen molar-refractivity contribution in [2.75, 3.05) is 31.1 Å². The van der Waals surface area contributed by atoms with Crippen LogP contribution >= 0.6 is 11.8 Å². The van der Waals surface area contributed by atoms with Gasteiger partial charge in [-0.15, -0.1) is 0 Å². The minimum absolute atomic E-state index is 0.125. The molecule has 132 valence electrons. The number of nitrogens with one attached hydrogen (secondary N) is 1. The van der Waals surface area contributed by atoms with Crippen molar-refractivity contribution in [1.29, 1.82) is 0 Å². The summed E-state index contributed by atoms with van der Waals surface area (Å²) in [5, 5.41) is 13.8. The van der Waals surface area contributed by atoms with Crippen LogP contribution < -0.4 is 5.32 Å². The standard InChI is InChI=1S/C18H32N2O2S/c21-16(18(22)9-13-23-14-10-18)19-15-17(7-3-1-4-8-17)20-11-5-2-6-12-20/h22H,1-15H2,(H,19,21). The Morgan fingerprint density at radius 2 is 1.57 bits per heavy atom. The zero-order chi connectivity index (χ0) is 16.2. The molecule has 0 atom stereocenters. The van der Waals surface area contributed by atoms with Gasteiger partial charge in [0.15, 0.2) is 0 Å². The number of hydrogen-bond donors (Lipinski definition) is 2. The molecule has 2 heterocycles. The molecular formula is C18H32N2O2S. The highest BCUT2D eigenvalue weighted by Gasteiger charge is 2.42. The second-order valence-corrected chi connectivity index (χ2v) is 8.88. The highest BCUT2D eigenvalue weighted by Crippen LogP contribution is 2.35. The molecule has 0 radical (unpaired) electrons. The Morgan fingerprint density at radius 3 is 2.22 bits per heavy atom. The molecule has 1 saturated carbocycles. The van der Waals surface area contributed by atoms with Crippen LogP contribution in [0.5, 0.6) is 0 Å². The first-order chi connectivity index (χ1) is 11.1. The molecule has 3 rings (SSSR count). The van der Waals surface area contributed by atoms with Crippen LogP contribution in [0.3, 0.4) is 0 Å². The third-order valence-corrected chi connectivity index (χ3v) is 7.12. The van der Waals surface area contributed by atoms with Gasteiger partial charge in [0, 0.05) is 12.1 Å². The Kier molecular flexibility index (Phi) is 5.92. The van der Waals surface area contributed by atoms with E-state index in [0.29, 0.717) is 12.8 Å². The number of nitrogens with zero attached hydrogens (tertiary/aromatic N) is 1. The van der Waals surface area contributed by atoms with Crippen LogP contribution in [-0.4, -0.2) is 58.2 Å². The average molecular weight is 341 g/mol. The summed E-state index contributed by atoms with van der Waals surface area (Å²) in [4.78, 5) is 15.2. The van der Waals surface area contributed by atoms with Gasteiger partial charge in [0.25, 0.3) is 5.91 Å². The second kappa shape index (κ2) is 7.75. The minimum Gasteiger partial charge on any atom is -0.380 e. The molecular weight excluding hydrogens is 308 g/mol. The topological polar surface area (TPSA) is 52.6 Å². The molecule has 5 heteroatoms. The molecule has 4 nitrogen and oxygen atoms in total. The van der Waals surface area contributed by atoms with Crippen LogP contribution in [-0.2, 0) is 4.79 Å².